The summed E-state index contributed by atoms with van der Waals surface area (Å²) in [6, 6.07) is 14.5. The van der Waals surface area contributed by atoms with Crippen LogP contribution >= 0.6 is 15.9 Å². The van der Waals surface area contributed by atoms with Crippen LogP contribution in [0.3, 0.4) is 0 Å². The summed E-state index contributed by atoms with van der Waals surface area (Å²) in [5, 5.41) is 0. The predicted molar refractivity (Wildman–Crippen MR) is 75.8 cm³/mol. The summed E-state index contributed by atoms with van der Waals surface area (Å²) in [6.07, 6.45) is 0.670. The normalized spacial score (nSPS) is 14.2. The van der Waals surface area contributed by atoms with Crippen molar-refractivity contribution in [2.75, 3.05) is 0 Å². The summed E-state index contributed by atoms with van der Waals surface area (Å²) >= 11 is 3.40. The van der Waals surface area contributed by atoms with Gasteiger partial charge in [0.25, 0.3) is 0 Å². The van der Waals surface area contributed by atoms with Gasteiger partial charge in [0.2, 0.25) is 0 Å². The zero-order valence-electron chi connectivity index (χ0n) is 10.2. The molecule has 94 valence electrons. The first-order valence-corrected chi connectivity index (χ1v) is 6.56. The van der Waals surface area contributed by atoms with E-state index in [0.717, 1.165) is 15.6 Å². The van der Waals surface area contributed by atoms with Crippen molar-refractivity contribution < 1.29 is 4.39 Å². The van der Waals surface area contributed by atoms with Crippen molar-refractivity contribution >= 4 is 15.9 Å². The number of hydrogen-bond acceptors (Lipinski definition) is 1. The molecule has 0 heterocycles. The van der Waals surface area contributed by atoms with Gasteiger partial charge in [-0.05, 0) is 48.7 Å². The minimum atomic E-state index is -0.573. The van der Waals surface area contributed by atoms with E-state index in [4.69, 9.17) is 5.73 Å². The van der Waals surface area contributed by atoms with Gasteiger partial charge in [-0.3, -0.25) is 0 Å². The molecule has 2 rings (SSSR count). The Bertz CT molecular complexity index is 534. The molecule has 0 radical (unpaired) electrons. The van der Waals surface area contributed by atoms with Crippen molar-refractivity contribution in [1.82, 2.24) is 0 Å². The summed E-state index contributed by atoms with van der Waals surface area (Å²) in [7, 11) is 0. The maximum atomic E-state index is 13.2. The number of nitrogens with two attached hydrogens (primary N) is 1. The zero-order chi connectivity index (χ0) is 13.2. The molecular weight excluding hydrogens is 293 g/mol. The molecule has 18 heavy (non-hydrogen) atoms. The minimum Gasteiger partial charge on any atom is -0.321 e. The van der Waals surface area contributed by atoms with Gasteiger partial charge >= 0.3 is 0 Å². The lowest BCUT2D eigenvalue weighted by Crippen LogP contribution is -2.35. The Morgan fingerprint density at radius 3 is 2.44 bits per heavy atom. The molecule has 2 N–H and O–H groups in total. The van der Waals surface area contributed by atoms with Gasteiger partial charge in [-0.25, -0.2) is 4.39 Å². The molecule has 0 saturated carbocycles. The standard InChI is InChI=1S/C15H15BrFN/c1-15(18,12-3-2-4-14(17)9-12)10-11-5-7-13(16)8-6-11/h2-9H,10,18H2,1H3. The zero-order valence-corrected chi connectivity index (χ0v) is 11.7. The topological polar surface area (TPSA) is 26.0 Å². The van der Waals surface area contributed by atoms with Crippen molar-refractivity contribution in [2.24, 2.45) is 5.73 Å². The summed E-state index contributed by atoms with van der Waals surface area (Å²) in [5.41, 5.74) is 7.67. The van der Waals surface area contributed by atoms with Gasteiger partial charge in [-0.2, -0.15) is 0 Å². The first-order valence-electron chi connectivity index (χ1n) is 5.77. The number of benzene rings is 2. The highest BCUT2D eigenvalue weighted by molar-refractivity contribution is 9.10. The van der Waals surface area contributed by atoms with E-state index in [1.54, 1.807) is 6.07 Å². The predicted octanol–water partition coefficient (Wildman–Crippen LogP) is 4.00. The van der Waals surface area contributed by atoms with Crippen LogP contribution in [-0.4, -0.2) is 0 Å². The van der Waals surface area contributed by atoms with E-state index in [9.17, 15) is 4.39 Å². The van der Waals surface area contributed by atoms with E-state index in [2.05, 4.69) is 15.9 Å². The van der Waals surface area contributed by atoms with Crippen LogP contribution in [0.25, 0.3) is 0 Å². The van der Waals surface area contributed by atoms with E-state index in [1.165, 1.54) is 12.1 Å². The fourth-order valence-corrected chi connectivity index (χ4v) is 2.24. The first kappa shape index (κ1) is 13.2. The lowest BCUT2D eigenvalue weighted by atomic mass is 9.86. The quantitative estimate of drug-likeness (QED) is 0.911. The lowest BCUT2D eigenvalue weighted by molar-refractivity contribution is 0.486. The van der Waals surface area contributed by atoms with E-state index < -0.39 is 5.54 Å². The molecule has 0 aliphatic heterocycles. The third-order valence-corrected chi connectivity index (χ3v) is 3.50. The second-order valence-electron chi connectivity index (χ2n) is 4.73. The smallest absolute Gasteiger partial charge is 0.123 e. The fraction of sp³-hybridized carbons (Fsp3) is 0.200. The van der Waals surface area contributed by atoms with Gasteiger partial charge < -0.3 is 5.73 Å². The largest absolute Gasteiger partial charge is 0.321 e. The summed E-state index contributed by atoms with van der Waals surface area (Å²) < 4.78 is 14.3. The van der Waals surface area contributed by atoms with Gasteiger partial charge in [0.15, 0.2) is 0 Å². The Kier molecular flexibility index (Phi) is 3.83. The van der Waals surface area contributed by atoms with Gasteiger partial charge in [0, 0.05) is 10.0 Å². The van der Waals surface area contributed by atoms with E-state index >= 15 is 0 Å². The van der Waals surface area contributed by atoms with Crippen LogP contribution in [0.4, 0.5) is 4.39 Å². The van der Waals surface area contributed by atoms with Crippen LogP contribution in [0.15, 0.2) is 53.0 Å². The minimum absolute atomic E-state index is 0.250. The molecule has 2 aromatic rings. The van der Waals surface area contributed by atoms with Crippen LogP contribution < -0.4 is 5.73 Å². The second kappa shape index (κ2) is 5.21. The van der Waals surface area contributed by atoms with E-state index in [0.29, 0.717) is 6.42 Å². The molecule has 2 aromatic carbocycles. The number of halogens is 2. The third-order valence-electron chi connectivity index (χ3n) is 2.97. The van der Waals surface area contributed by atoms with Crippen molar-refractivity contribution in [3.63, 3.8) is 0 Å². The number of hydrogen-bond donors (Lipinski definition) is 1. The Labute approximate surface area is 115 Å². The molecule has 0 spiro atoms. The second-order valence-corrected chi connectivity index (χ2v) is 5.65. The highest BCUT2D eigenvalue weighted by Crippen LogP contribution is 2.24. The van der Waals surface area contributed by atoms with Crippen LogP contribution in [0.1, 0.15) is 18.1 Å². The van der Waals surface area contributed by atoms with Crippen LogP contribution in [-0.2, 0) is 12.0 Å². The van der Waals surface area contributed by atoms with E-state index in [1.807, 2.05) is 37.3 Å². The average Bonchev–Trinajstić information content (AvgIpc) is 2.32. The van der Waals surface area contributed by atoms with Crippen molar-refractivity contribution in [2.45, 2.75) is 18.9 Å². The monoisotopic (exact) mass is 307 g/mol. The molecule has 0 aromatic heterocycles. The van der Waals surface area contributed by atoms with E-state index in [-0.39, 0.29) is 5.82 Å². The van der Waals surface area contributed by atoms with Crippen molar-refractivity contribution in [3.05, 3.63) is 69.9 Å². The van der Waals surface area contributed by atoms with Crippen molar-refractivity contribution in [1.29, 1.82) is 0 Å². The van der Waals surface area contributed by atoms with Gasteiger partial charge in [-0.1, -0.05) is 40.2 Å². The average molecular weight is 308 g/mol. The maximum Gasteiger partial charge on any atom is 0.123 e. The molecule has 0 aliphatic carbocycles. The summed E-state index contributed by atoms with van der Waals surface area (Å²) in [6.45, 7) is 1.92. The third kappa shape index (κ3) is 3.18. The Morgan fingerprint density at radius 2 is 1.83 bits per heavy atom. The molecule has 3 heteroatoms. The summed E-state index contributed by atoms with van der Waals surface area (Å²) in [4.78, 5) is 0. The Hall–Kier alpha value is -1.19. The molecule has 0 aliphatic rings. The molecule has 1 atom stereocenters. The van der Waals surface area contributed by atoms with Crippen LogP contribution in [0, 0.1) is 5.82 Å². The maximum absolute atomic E-state index is 13.2. The van der Waals surface area contributed by atoms with Gasteiger partial charge in [0.1, 0.15) is 5.82 Å². The molecule has 0 amide bonds. The first-order chi connectivity index (χ1) is 8.47. The Morgan fingerprint density at radius 1 is 1.17 bits per heavy atom. The van der Waals surface area contributed by atoms with Gasteiger partial charge in [-0.15, -0.1) is 0 Å². The molecule has 0 fully saturated rings. The SMILES string of the molecule is CC(N)(Cc1ccc(Br)cc1)c1cccc(F)c1. The molecule has 0 saturated heterocycles. The molecule has 1 unspecified atom stereocenters. The highest BCUT2D eigenvalue weighted by atomic mass is 79.9. The summed E-state index contributed by atoms with van der Waals surface area (Å²) in [5.74, 6) is -0.250. The number of rotatable bonds is 3. The lowest BCUT2D eigenvalue weighted by Gasteiger charge is -2.25. The van der Waals surface area contributed by atoms with Gasteiger partial charge in [0.05, 0.1) is 0 Å². The Balaban J connectivity index is 2.23. The molecular formula is C15H15BrFN. The fourth-order valence-electron chi connectivity index (χ4n) is 1.97. The van der Waals surface area contributed by atoms with Crippen LogP contribution in [0.2, 0.25) is 0 Å². The highest BCUT2D eigenvalue weighted by Gasteiger charge is 2.22. The molecule has 0 bridgehead atoms. The van der Waals surface area contributed by atoms with Crippen LogP contribution in [0.5, 0.6) is 0 Å². The molecule has 1 nitrogen and oxygen atoms in total. The van der Waals surface area contributed by atoms with Crippen molar-refractivity contribution in [3.8, 4) is 0 Å².